The average Bonchev–Trinajstić information content (AvgIpc) is 2.97. The Hall–Kier alpha value is -3.16. The van der Waals surface area contributed by atoms with E-state index < -0.39 is 0 Å². The first kappa shape index (κ1) is 16.7. The molecule has 0 aliphatic rings. The van der Waals surface area contributed by atoms with Crippen LogP contribution in [0.25, 0.3) is 5.78 Å². The second-order valence-electron chi connectivity index (χ2n) is 5.57. The van der Waals surface area contributed by atoms with Gasteiger partial charge < -0.3 is 14.8 Å². The van der Waals surface area contributed by atoms with E-state index in [9.17, 15) is 4.79 Å². The molecule has 8 heteroatoms. The van der Waals surface area contributed by atoms with Crippen molar-refractivity contribution >= 4 is 17.4 Å². The lowest BCUT2D eigenvalue weighted by Crippen LogP contribution is -2.16. The Balaban J connectivity index is 1.78. The van der Waals surface area contributed by atoms with Gasteiger partial charge in [-0.3, -0.25) is 4.79 Å². The fourth-order valence-corrected chi connectivity index (χ4v) is 2.52. The number of nitrogens with one attached hydrogen (secondary N) is 1. The van der Waals surface area contributed by atoms with Gasteiger partial charge in [-0.15, -0.1) is 5.10 Å². The molecule has 1 N–H and O–H groups in total. The van der Waals surface area contributed by atoms with Crippen molar-refractivity contribution in [3.05, 3.63) is 41.5 Å². The van der Waals surface area contributed by atoms with Crippen LogP contribution in [0, 0.1) is 13.8 Å². The van der Waals surface area contributed by atoms with Gasteiger partial charge in [-0.2, -0.15) is 4.98 Å². The molecule has 8 nitrogen and oxygen atoms in total. The Morgan fingerprint density at radius 3 is 2.68 bits per heavy atom. The van der Waals surface area contributed by atoms with Crippen LogP contribution in [0.15, 0.2) is 24.3 Å². The number of carbonyl (C=O) groups excluding carboxylic acids is 1. The first-order valence-corrected chi connectivity index (χ1v) is 7.72. The maximum atomic E-state index is 12.3. The van der Waals surface area contributed by atoms with Gasteiger partial charge in [0, 0.05) is 17.5 Å². The summed E-state index contributed by atoms with van der Waals surface area (Å²) < 4.78 is 12.0. The number of rotatable bonds is 5. The molecule has 0 bridgehead atoms. The predicted octanol–water partition coefficient (Wildman–Crippen LogP) is 1.94. The van der Waals surface area contributed by atoms with Crippen molar-refractivity contribution in [3.63, 3.8) is 0 Å². The Morgan fingerprint density at radius 1 is 1.16 bits per heavy atom. The van der Waals surface area contributed by atoms with Crippen molar-refractivity contribution in [3.8, 4) is 11.5 Å². The SMILES string of the molecule is COc1ccc(NC(=O)Cc2nc3nc(C)cc(C)n3n2)c(OC)c1. The molecule has 0 atom stereocenters. The molecule has 130 valence electrons. The zero-order chi connectivity index (χ0) is 18.0. The molecule has 3 aromatic rings. The summed E-state index contributed by atoms with van der Waals surface area (Å²) in [6.45, 7) is 3.81. The zero-order valence-corrected chi connectivity index (χ0v) is 14.5. The first-order chi connectivity index (χ1) is 12.0. The highest BCUT2D eigenvalue weighted by molar-refractivity contribution is 5.93. The van der Waals surface area contributed by atoms with Crippen molar-refractivity contribution in [1.82, 2.24) is 19.6 Å². The second kappa shape index (κ2) is 6.76. The van der Waals surface area contributed by atoms with Gasteiger partial charge in [0.05, 0.1) is 26.3 Å². The Bertz CT molecular complexity index is 935. The summed E-state index contributed by atoms with van der Waals surface area (Å²) in [5.41, 5.74) is 2.33. The van der Waals surface area contributed by atoms with Gasteiger partial charge in [-0.25, -0.2) is 9.50 Å². The van der Waals surface area contributed by atoms with Gasteiger partial charge in [0.2, 0.25) is 5.91 Å². The maximum absolute atomic E-state index is 12.3. The van der Waals surface area contributed by atoms with Gasteiger partial charge in [0.15, 0.2) is 5.82 Å². The van der Waals surface area contributed by atoms with Crippen molar-refractivity contribution in [2.45, 2.75) is 20.3 Å². The summed E-state index contributed by atoms with van der Waals surface area (Å²) in [6.07, 6.45) is 0.0387. The highest BCUT2D eigenvalue weighted by Gasteiger charge is 2.14. The van der Waals surface area contributed by atoms with Gasteiger partial charge in [0.25, 0.3) is 5.78 Å². The normalized spacial score (nSPS) is 10.7. The van der Waals surface area contributed by atoms with E-state index >= 15 is 0 Å². The monoisotopic (exact) mass is 341 g/mol. The van der Waals surface area contributed by atoms with Crippen LogP contribution >= 0.6 is 0 Å². The zero-order valence-electron chi connectivity index (χ0n) is 14.5. The number of carbonyl (C=O) groups is 1. The van der Waals surface area contributed by atoms with E-state index in [1.165, 1.54) is 7.11 Å². The smallest absolute Gasteiger partial charge is 0.252 e. The number of aryl methyl sites for hydroxylation is 2. The number of aromatic nitrogens is 4. The van der Waals surface area contributed by atoms with Gasteiger partial charge in [-0.1, -0.05) is 0 Å². The Morgan fingerprint density at radius 2 is 1.96 bits per heavy atom. The van der Waals surface area contributed by atoms with Crippen molar-refractivity contribution in [2.24, 2.45) is 0 Å². The predicted molar refractivity (Wildman–Crippen MR) is 92.1 cm³/mol. The molecule has 1 aromatic carbocycles. The summed E-state index contributed by atoms with van der Waals surface area (Å²) in [5.74, 6) is 1.82. The Kier molecular flexibility index (Phi) is 4.51. The van der Waals surface area contributed by atoms with Crippen LogP contribution in [-0.2, 0) is 11.2 Å². The topological polar surface area (TPSA) is 90.6 Å². The number of hydrogen-bond acceptors (Lipinski definition) is 6. The molecule has 2 aromatic heterocycles. The number of benzene rings is 1. The van der Waals surface area contributed by atoms with E-state index in [-0.39, 0.29) is 12.3 Å². The number of ether oxygens (including phenoxy) is 2. The molecular weight excluding hydrogens is 322 g/mol. The molecule has 0 aliphatic carbocycles. The molecule has 1 amide bonds. The minimum atomic E-state index is -0.242. The van der Waals surface area contributed by atoms with E-state index in [0.717, 1.165) is 11.4 Å². The summed E-state index contributed by atoms with van der Waals surface area (Å²) in [7, 11) is 3.10. The third-order valence-electron chi connectivity index (χ3n) is 3.66. The summed E-state index contributed by atoms with van der Waals surface area (Å²) >= 11 is 0. The second-order valence-corrected chi connectivity index (χ2v) is 5.57. The van der Waals surface area contributed by atoms with Crippen LogP contribution in [-0.4, -0.2) is 39.7 Å². The number of nitrogens with zero attached hydrogens (tertiary/aromatic N) is 4. The standard InChI is InChI=1S/C17H19N5O3/c1-10-7-11(2)22-17(18-10)20-15(21-22)9-16(23)19-13-6-5-12(24-3)8-14(13)25-4/h5-8H,9H2,1-4H3,(H,19,23). The van der Waals surface area contributed by atoms with E-state index in [2.05, 4.69) is 20.4 Å². The minimum absolute atomic E-state index is 0.0387. The molecule has 0 fully saturated rings. The van der Waals surface area contributed by atoms with Crippen LogP contribution in [0.1, 0.15) is 17.2 Å². The number of methoxy groups -OCH3 is 2. The van der Waals surface area contributed by atoms with Crippen molar-refractivity contribution < 1.29 is 14.3 Å². The van der Waals surface area contributed by atoms with Crippen molar-refractivity contribution in [2.75, 3.05) is 19.5 Å². The van der Waals surface area contributed by atoms with Gasteiger partial charge >= 0.3 is 0 Å². The molecule has 0 saturated carbocycles. The lowest BCUT2D eigenvalue weighted by molar-refractivity contribution is -0.115. The van der Waals surface area contributed by atoms with Crippen LogP contribution in [0.5, 0.6) is 11.5 Å². The number of hydrogen-bond donors (Lipinski definition) is 1. The third kappa shape index (κ3) is 3.52. The number of anilines is 1. The first-order valence-electron chi connectivity index (χ1n) is 7.72. The molecule has 0 spiro atoms. The highest BCUT2D eigenvalue weighted by Crippen LogP contribution is 2.29. The van der Waals surface area contributed by atoms with E-state index in [1.807, 2.05) is 19.9 Å². The molecule has 2 heterocycles. The quantitative estimate of drug-likeness (QED) is 0.763. The van der Waals surface area contributed by atoms with Crippen LogP contribution < -0.4 is 14.8 Å². The van der Waals surface area contributed by atoms with Crippen LogP contribution in [0.3, 0.4) is 0 Å². The van der Waals surface area contributed by atoms with Crippen LogP contribution in [0.2, 0.25) is 0 Å². The van der Waals surface area contributed by atoms with E-state index in [0.29, 0.717) is 28.8 Å². The Labute approximate surface area is 144 Å². The van der Waals surface area contributed by atoms with E-state index in [1.54, 1.807) is 29.8 Å². The number of fused-ring (bicyclic) bond motifs is 1. The molecular formula is C17H19N5O3. The molecule has 0 saturated heterocycles. The molecule has 0 aliphatic heterocycles. The van der Waals surface area contributed by atoms with Gasteiger partial charge in [0.1, 0.15) is 11.5 Å². The van der Waals surface area contributed by atoms with Crippen LogP contribution in [0.4, 0.5) is 5.69 Å². The maximum Gasteiger partial charge on any atom is 0.252 e. The molecule has 0 unspecified atom stereocenters. The fraction of sp³-hybridized carbons (Fsp3) is 0.294. The number of amides is 1. The molecule has 0 radical (unpaired) electrons. The summed E-state index contributed by atoms with van der Waals surface area (Å²) in [4.78, 5) is 21.0. The summed E-state index contributed by atoms with van der Waals surface area (Å²) in [5, 5.41) is 7.14. The third-order valence-corrected chi connectivity index (χ3v) is 3.66. The van der Waals surface area contributed by atoms with Gasteiger partial charge in [-0.05, 0) is 32.0 Å². The minimum Gasteiger partial charge on any atom is -0.497 e. The average molecular weight is 341 g/mol. The molecule has 3 rings (SSSR count). The lowest BCUT2D eigenvalue weighted by atomic mass is 10.2. The summed E-state index contributed by atoms with van der Waals surface area (Å²) in [6, 6.07) is 7.08. The highest BCUT2D eigenvalue weighted by atomic mass is 16.5. The fourth-order valence-electron chi connectivity index (χ4n) is 2.52. The van der Waals surface area contributed by atoms with Crippen molar-refractivity contribution in [1.29, 1.82) is 0 Å². The largest absolute Gasteiger partial charge is 0.497 e. The molecule has 25 heavy (non-hydrogen) atoms. The lowest BCUT2D eigenvalue weighted by Gasteiger charge is -2.11. The van der Waals surface area contributed by atoms with E-state index in [4.69, 9.17) is 9.47 Å².